The molecule has 2 aliphatic rings. The van der Waals surface area contributed by atoms with Crippen molar-refractivity contribution in [2.75, 3.05) is 19.7 Å². The summed E-state index contributed by atoms with van der Waals surface area (Å²) in [7, 11) is 0. The molecule has 0 bridgehead atoms. The van der Waals surface area contributed by atoms with Gasteiger partial charge in [0.05, 0.1) is 6.10 Å². The highest BCUT2D eigenvalue weighted by molar-refractivity contribution is 5.37. The zero-order chi connectivity index (χ0) is 14.3. The average Bonchev–Trinajstić information content (AvgIpc) is 3.04. The maximum absolute atomic E-state index is 13.8. The predicted molar refractivity (Wildman–Crippen MR) is 67.5 cm³/mol. The van der Waals surface area contributed by atoms with Gasteiger partial charge in [-0.25, -0.2) is 13.2 Å². The highest BCUT2D eigenvalue weighted by Gasteiger charge is 2.35. The van der Waals surface area contributed by atoms with E-state index >= 15 is 0 Å². The first-order valence-corrected chi connectivity index (χ1v) is 6.83. The lowest BCUT2D eigenvalue weighted by atomic mass is 10.0. The Morgan fingerprint density at radius 3 is 2.75 bits per heavy atom. The summed E-state index contributed by atoms with van der Waals surface area (Å²) in [5.41, 5.74) is 6.41. The molecule has 1 saturated heterocycles. The number of nitrogens with two attached hydrogens (primary N) is 1. The van der Waals surface area contributed by atoms with Crippen molar-refractivity contribution in [3.05, 3.63) is 34.6 Å². The average molecular weight is 286 g/mol. The maximum Gasteiger partial charge on any atom is 0.194 e. The van der Waals surface area contributed by atoms with E-state index in [2.05, 4.69) is 0 Å². The van der Waals surface area contributed by atoms with Crippen LogP contribution in [0.1, 0.15) is 30.0 Å². The Bertz CT molecular complexity index is 518. The second-order valence-corrected chi connectivity index (χ2v) is 5.37. The molecule has 2 heterocycles. The molecule has 0 radical (unpaired) electrons. The van der Waals surface area contributed by atoms with Crippen molar-refractivity contribution < 1.29 is 17.9 Å². The standard InChI is InChI=1S/C14H17F3N2O/c15-11-4-9-10(13(16)14(11)17)7-19(12(9)5-18)6-8-2-1-3-20-8/h4,8,12H,1-3,5-7,18H2. The monoisotopic (exact) mass is 286 g/mol. The molecule has 2 unspecified atom stereocenters. The molecule has 1 aromatic rings. The highest BCUT2D eigenvalue weighted by Crippen LogP contribution is 2.37. The summed E-state index contributed by atoms with van der Waals surface area (Å²) < 4.78 is 46.1. The van der Waals surface area contributed by atoms with Gasteiger partial charge < -0.3 is 10.5 Å². The Labute approximate surface area is 115 Å². The third-order valence-electron chi connectivity index (χ3n) is 4.14. The van der Waals surface area contributed by atoms with Gasteiger partial charge in [-0.15, -0.1) is 0 Å². The van der Waals surface area contributed by atoms with Crippen LogP contribution in [0.4, 0.5) is 13.2 Å². The van der Waals surface area contributed by atoms with Crippen LogP contribution in [0, 0.1) is 17.5 Å². The number of hydrogen-bond donors (Lipinski definition) is 1. The van der Waals surface area contributed by atoms with Crippen molar-refractivity contribution in [2.24, 2.45) is 5.73 Å². The molecule has 6 heteroatoms. The van der Waals surface area contributed by atoms with Crippen molar-refractivity contribution in [1.82, 2.24) is 4.90 Å². The van der Waals surface area contributed by atoms with Crippen molar-refractivity contribution in [3.8, 4) is 0 Å². The first kappa shape index (κ1) is 13.9. The molecule has 3 nitrogen and oxygen atoms in total. The van der Waals surface area contributed by atoms with E-state index in [4.69, 9.17) is 10.5 Å². The normalized spacial score (nSPS) is 26.2. The van der Waals surface area contributed by atoms with E-state index in [9.17, 15) is 13.2 Å². The lowest BCUT2D eigenvalue weighted by molar-refractivity contribution is 0.0607. The van der Waals surface area contributed by atoms with Gasteiger partial charge in [-0.2, -0.15) is 0 Å². The van der Waals surface area contributed by atoms with Crippen LogP contribution in [0.3, 0.4) is 0 Å². The van der Waals surface area contributed by atoms with Gasteiger partial charge in [0.15, 0.2) is 17.5 Å². The first-order valence-electron chi connectivity index (χ1n) is 6.83. The Kier molecular flexibility index (Phi) is 3.70. The molecule has 0 saturated carbocycles. The molecule has 1 fully saturated rings. The second-order valence-electron chi connectivity index (χ2n) is 5.37. The van der Waals surface area contributed by atoms with Gasteiger partial charge in [0.1, 0.15) is 0 Å². The van der Waals surface area contributed by atoms with E-state index in [1.165, 1.54) is 0 Å². The number of rotatable bonds is 3. The van der Waals surface area contributed by atoms with Crippen LogP contribution in [0.2, 0.25) is 0 Å². The second kappa shape index (κ2) is 5.35. The fourth-order valence-electron chi connectivity index (χ4n) is 3.14. The third-order valence-corrected chi connectivity index (χ3v) is 4.14. The molecule has 0 amide bonds. The molecule has 0 spiro atoms. The molecule has 1 aromatic carbocycles. The molecular weight excluding hydrogens is 269 g/mol. The van der Waals surface area contributed by atoms with E-state index in [-0.39, 0.29) is 30.8 Å². The summed E-state index contributed by atoms with van der Waals surface area (Å²) in [5.74, 6) is -3.65. The molecule has 0 aliphatic carbocycles. The quantitative estimate of drug-likeness (QED) is 0.865. The van der Waals surface area contributed by atoms with Gasteiger partial charge >= 0.3 is 0 Å². The minimum atomic E-state index is -1.40. The molecule has 0 aromatic heterocycles. The van der Waals surface area contributed by atoms with Crippen molar-refractivity contribution in [3.63, 3.8) is 0 Å². The molecule has 2 N–H and O–H groups in total. The SMILES string of the molecule is NCC1c2cc(F)c(F)c(F)c2CN1CC1CCCO1. The largest absolute Gasteiger partial charge is 0.377 e. The summed E-state index contributed by atoms with van der Waals surface area (Å²) in [6, 6.07) is 0.791. The number of hydrogen-bond acceptors (Lipinski definition) is 3. The number of ether oxygens (including phenoxy) is 1. The number of benzene rings is 1. The Balaban J connectivity index is 1.88. The summed E-state index contributed by atoms with van der Waals surface area (Å²) in [6.07, 6.45) is 2.06. The van der Waals surface area contributed by atoms with Gasteiger partial charge in [-0.1, -0.05) is 0 Å². The fourth-order valence-corrected chi connectivity index (χ4v) is 3.14. The van der Waals surface area contributed by atoms with Crippen LogP contribution in [-0.2, 0) is 11.3 Å². The molecule has 2 atom stereocenters. The van der Waals surface area contributed by atoms with Crippen molar-refractivity contribution >= 4 is 0 Å². The first-order chi connectivity index (χ1) is 9.61. The topological polar surface area (TPSA) is 38.5 Å². The zero-order valence-corrected chi connectivity index (χ0v) is 11.0. The van der Waals surface area contributed by atoms with E-state index in [1.807, 2.05) is 4.90 Å². The van der Waals surface area contributed by atoms with Gasteiger partial charge in [0.2, 0.25) is 0 Å². The summed E-state index contributed by atoms with van der Waals surface area (Å²) in [4.78, 5) is 1.95. The molecular formula is C14H17F3N2O. The lowest BCUT2D eigenvalue weighted by Crippen LogP contribution is -2.34. The molecule has 3 rings (SSSR count). The van der Waals surface area contributed by atoms with Crippen LogP contribution in [-0.4, -0.2) is 30.7 Å². The van der Waals surface area contributed by atoms with Crippen LogP contribution >= 0.6 is 0 Å². The maximum atomic E-state index is 13.8. The minimum absolute atomic E-state index is 0.0936. The van der Waals surface area contributed by atoms with Gasteiger partial charge in [0, 0.05) is 37.8 Å². The summed E-state index contributed by atoms with van der Waals surface area (Å²) in [5, 5.41) is 0. The minimum Gasteiger partial charge on any atom is -0.377 e. The fraction of sp³-hybridized carbons (Fsp3) is 0.571. The third kappa shape index (κ3) is 2.21. The Morgan fingerprint density at radius 1 is 1.30 bits per heavy atom. The lowest BCUT2D eigenvalue weighted by Gasteiger charge is -2.26. The number of fused-ring (bicyclic) bond motifs is 1. The van der Waals surface area contributed by atoms with E-state index in [0.29, 0.717) is 12.1 Å². The Hall–Kier alpha value is -1.11. The molecule has 2 aliphatic heterocycles. The smallest absolute Gasteiger partial charge is 0.194 e. The zero-order valence-electron chi connectivity index (χ0n) is 11.0. The number of halogens is 3. The van der Waals surface area contributed by atoms with Gasteiger partial charge in [-0.3, -0.25) is 4.90 Å². The van der Waals surface area contributed by atoms with Crippen molar-refractivity contribution in [2.45, 2.75) is 31.5 Å². The van der Waals surface area contributed by atoms with E-state index in [0.717, 1.165) is 25.5 Å². The Morgan fingerprint density at radius 2 is 2.10 bits per heavy atom. The predicted octanol–water partition coefficient (Wildman–Crippen LogP) is 2.10. The van der Waals surface area contributed by atoms with Crippen molar-refractivity contribution in [1.29, 1.82) is 0 Å². The number of nitrogens with zero attached hydrogens (tertiary/aromatic N) is 1. The van der Waals surface area contributed by atoms with Crippen LogP contribution in [0.5, 0.6) is 0 Å². The van der Waals surface area contributed by atoms with Crippen LogP contribution < -0.4 is 5.73 Å². The van der Waals surface area contributed by atoms with Crippen LogP contribution in [0.25, 0.3) is 0 Å². The van der Waals surface area contributed by atoms with Gasteiger partial charge in [-0.05, 0) is 24.5 Å². The van der Waals surface area contributed by atoms with Gasteiger partial charge in [0.25, 0.3) is 0 Å². The summed E-state index contributed by atoms with van der Waals surface area (Å²) in [6.45, 7) is 1.83. The highest BCUT2D eigenvalue weighted by atomic mass is 19.2. The van der Waals surface area contributed by atoms with E-state index < -0.39 is 17.5 Å². The van der Waals surface area contributed by atoms with E-state index in [1.54, 1.807) is 0 Å². The van der Waals surface area contributed by atoms with Crippen LogP contribution in [0.15, 0.2) is 6.07 Å². The molecule has 20 heavy (non-hydrogen) atoms. The summed E-state index contributed by atoms with van der Waals surface area (Å²) >= 11 is 0. The molecule has 110 valence electrons.